The lowest BCUT2D eigenvalue weighted by Crippen LogP contribution is -2.61. The maximum absolute atomic E-state index is 14.3. The number of carbonyl (C=O) groups is 2. The number of pyridine rings is 1. The standard InChI is InChI=1S/C37H36N4O5S/c1-46-31-19-17-27(18-20-31)24-35(42)40-22-23-41(47(44,45)34-16-8-14-30-15-9-21-38-36(30)34)33(26-40)37(43)39-25-32(28-10-4-2-5-11-28)29-12-6-3-7-13-29/h2-21,32-33H,22-26H2,1H3,(H,39,43). The van der Waals surface area contributed by atoms with E-state index in [0.29, 0.717) is 16.7 Å². The summed E-state index contributed by atoms with van der Waals surface area (Å²) in [5, 5.41) is 3.73. The van der Waals surface area contributed by atoms with Crippen molar-refractivity contribution in [2.75, 3.05) is 33.3 Å². The van der Waals surface area contributed by atoms with Crippen LogP contribution in [0.4, 0.5) is 0 Å². The maximum atomic E-state index is 14.3. The molecule has 47 heavy (non-hydrogen) atoms. The molecule has 10 heteroatoms. The van der Waals surface area contributed by atoms with E-state index in [2.05, 4.69) is 10.3 Å². The summed E-state index contributed by atoms with van der Waals surface area (Å²) < 4.78 is 35.1. The zero-order valence-corrected chi connectivity index (χ0v) is 26.8. The summed E-state index contributed by atoms with van der Waals surface area (Å²) in [5.41, 5.74) is 3.16. The number of amides is 2. The van der Waals surface area contributed by atoms with Crippen molar-refractivity contribution in [3.05, 3.63) is 138 Å². The number of carbonyl (C=O) groups excluding carboxylic acids is 2. The molecule has 2 amide bonds. The molecule has 1 atom stereocenters. The molecule has 0 radical (unpaired) electrons. The number of hydrogen-bond donors (Lipinski definition) is 1. The van der Waals surface area contributed by atoms with Crippen LogP contribution in [-0.2, 0) is 26.0 Å². The van der Waals surface area contributed by atoms with Crippen LogP contribution in [0.25, 0.3) is 10.9 Å². The van der Waals surface area contributed by atoms with Crippen LogP contribution in [0.2, 0.25) is 0 Å². The van der Waals surface area contributed by atoms with E-state index in [4.69, 9.17) is 4.74 Å². The van der Waals surface area contributed by atoms with Gasteiger partial charge in [-0.2, -0.15) is 4.31 Å². The van der Waals surface area contributed by atoms with Gasteiger partial charge < -0.3 is 15.0 Å². The lowest BCUT2D eigenvalue weighted by Gasteiger charge is -2.40. The Kier molecular flexibility index (Phi) is 9.60. The molecule has 1 aliphatic rings. The van der Waals surface area contributed by atoms with Gasteiger partial charge in [0, 0.05) is 43.7 Å². The van der Waals surface area contributed by atoms with Crippen LogP contribution >= 0.6 is 0 Å². The van der Waals surface area contributed by atoms with Crippen LogP contribution in [0, 0.1) is 0 Å². The van der Waals surface area contributed by atoms with Gasteiger partial charge >= 0.3 is 0 Å². The van der Waals surface area contributed by atoms with Crippen molar-refractivity contribution in [1.82, 2.24) is 19.5 Å². The van der Waals surface area contributed by atoms with Gasteiger partial charge in [0.1, 0.15) is 16.7 Å². The third-order valence-corrected chi connectivity index (χ3v) is 10.5. The molecule has 0 saturated carbocycles. The molecule has 1 unspecified atom stereocenters. The van der Waals surface area contributed by atoms with Crippen molar-refractivity contribution >= 4 is 32.7 Å². The zero-order chi connectivity index (χ0) is 32.8. The summed E-state index contributed by atoms with van der Waals surface area (Å²) in [4.78, 5) is 33.6. The first-order valence-electron chi connectivity index (χ1n) is 15.5. The average molecular weight is 649 g/mol. The highest BCUT2D eigenvalue weighted by atomic mass is 32.2. The van der Waals surface area contributed by atoms with E-state index in [-0.39, 0.29) is 49.3 Å². The Morgan fingerprint density at radius 3 is 2.17 bits per heavy atom. The summed E-state index contributed by atoms with van der Waals surface area (Å²) in [7, 11) is -2.60. The molecular weight excluding hydrogens is 612 g/mol. The van der Waals surface area contributed by atoms with E-state index < -0.39 is 22.0 Å². The van der Waals surface area contributed by atoms with Crippen LogP contribution in [0.3, 0.4) is 0 Å². The van der Waals surface area contributed by atoms with E-state index in [0.717, 1.165) is 16.7 Å². The third kappa shape index (κ3) is 7.03. The normalized spacial score (nSPS) is 15.4. The van der Waals surface area contributed by atoms with Gasteiger partial charge in [-0.25, -0.2) is 8.42 Å². The summed E-state index contributed by atoms with van der Waals surface area (Å²) in [5.74, 6) is -0.141. The van der Waals surface area contributed by atoms with Gasteiger partial charge in [-0.1, -0.05) is 91.0 Å². The third-order valence-electron chi connectivity index (χ3n) is 8.57. The van der Waals surface area contributed by atoms with Crippen LogP contribution in [-0.4, -0.2) is 73.8 Å². The lowest BCUT2D eigenvalue weighted by molar-refractivity contribution is -0.135. The second-order valence-corrected chi connectivity index (χ2v) is 13.3. The molecule has 5 aromatic rings. The van der Waals surface area contributed by atoms with Crippen LogP contribution in [0.15, 0.2) is 126 Å². The van der Waals surface area contributed by atoms with Gasteiger partial charge in [0.05, 0.1) is 19.0 Å². The average Bonchev–Trinajstić information content (AvgIpc) is 3.12. The van der Waals surface area contributed by atoms with Crippen molar-refractivity contribution in [3.8, 4) is 5.75 Å². The Labute approximate surface area is 274 Å². The number of para-hydroxylation sites is 1. The fourth-order valence-corrected chi connectivity index (χ4v) is 7.79. The van der Waals surface area contributed by atoms with Crippen molar-refractivity contribution in [2.24, 2.45) is 0 Å². The van der Waals surface area contributed by atoms with Gasteiger partial charge in [0.15, 0.2) is 0 Å². The highest BCUT2D eigenvalue weighted by Gasteiger charge is 2.42. The Morgan fingerprint density at radius 1 is 0.851 bits per heavy atom. The number of sulfonamides is 1. The highest BCUT2D eigenvalue weighted by Crippen LogP contribution is 2.28. The van der Waals surface area contributed by atoms with E-state index in [1.165, 1.54) is 10.4 Å². The molecule has 0 bridgehead atoms. The molecule has 0 spiro atoms. The predicted octanol–water partition coefficient (Wildman–Crippen LogP) is 4.64. The largest absolute Gasteiger partial charge is 0.497 e. The molecule has 6 rings (SSSR count). The minimum absolute atomic E-state index is 0.0258. The van der Waals surface area contributed by atoms with Crippen LogP contribution in [0.1, 0.15) is 22.6 Å². The monoisotopic (exact) mass is 648 g/mol. The Hall–Kier alpha value is -5.06. The molecular formula is C37H36N4O5S. The molecule has 4 aromatic carbocycles. The molecule has 240 valence electrons. The number of benzene rings is 4. The summed E-state index contributed by atoms with van der Waals surface area (Å²) in [6.45, 7) is 0.262. The highest BCUT2D eigenvalue weighted by molar-refractivity contribution is 7.89. The molecule has 0 aliphatic carbocycles. The summed E-state index contributed by atoms with van der Waals surface area (Å²) in [6.07, 6.45) is 1.66. The van der Waals surface area contributed by atoms with E-state index in [1.54, 1.807) is 54.6 Å². The molecule has 1 fully saturated rings. The number of nitrogens with one attached hydrogen (secondary N) is 1. The molecule has 2 heterocycles. The predicted molar refractivity (Wildman–Crippen MR) is 180 cm³/mol. The second-order valence-electron chi connectivity index (χ2n) is 11.4. The van der Waals surface area contributed by atoms with E-state index in [9.17, 15) is 18.0 Å². The van der Waals surface area contributed by atoms with E-state index >= 15 is 0 Å². The first kappa shape index (κ1) is 31.9. The quantitative estimate of drug-likeness (QED) is 0.237. The zero-order valence-electron chi connectivity index (χ0n) is 26.0. The number of piperazine rings is 1. The van der Waals surface area contributed by atoms with Crippen molar-refractivity contribution in [1.29, 1.82) is 0 Å². The minimum atomic E-state index is -4.18. The maximum Gasteiger partial charge on any atom is 0.246 e. The Bertz CT molecular complexity index is 1910. The van der Waals surface area contributed by atoms with Crippen molar-refractivity contribution in [3.63, 3.8) is 0 Å². The van der Waals surface area contributed by atoms with Gasteiger partial charge in [0.2, 0.25) is 21.8 Å². The fourth-order valence-electron chi connectivity index (χ4n) is 6.05. The number of aromatic nitrogens is 1. The number of hydrogen-bond acceptors (Lipinski definition) is 6. The number of fused-ring (bicyclic) bond motifs is 1. The molecule has 9 nitrogen and oxygen atoms in total. The Morgan fingerprint density at radius 2 is 1.51 bits per heavy atom. The Balaban J connectivity index is 1.29. The van der Waals surface area contributed by atoms with E-state index in [1.807, 2.05) is 72.8 Å². The number of rotatable bonds is 10. The first-order chi connectivity index (χ1) is 22.8. The number of methoxy groups -OCH3 is 1. The van der Waals surface area contributed by atoms with Gasteiger partial charge in [-0.15, -0.1) is 0 Å². The number of nitrogens with zero attached hydrogens (tertiary/aromatic N) is 3. The first-order valence-corrected chi connectivity index (χ1v) is 16.9. The summed E-state index contributed by atoms with van der Waals surface area (Å²) >= 11 is 0. The smallest absolute Gasteiger partial charge is 0.246 e. The van der Waals surface area contributed by atoms with Gasteiger partial charge in [-0.05, 0) is 41.0 Å². The van der Waals surface area contributed by atoms with Crippen LogP contribution in [0.5, 0.6) is 5.75 Å². The van der Waals surface area contributed by atoms with Crippen molar-refractivity contribution < 1.29 is 22.7 Å². The topological polar surface area (TPSA) is 109 Å². The molecule has 1 N–H and O–H groups in total. The number of ether oxygens (including phenoxy) is 1. The molecule has 1 aliphatic heterocycles. The molecule has 1 saturated heterocycles. The summed E-state index contributed by atoms with van der Waals surface area (Å²) in [6, 6.07) is 34.3. The minimum Gasteiger partial charge on any atom is -0.497 e. The van der Waals surface area contributed by atoms with Crippen LogP contribution < -0.4 is 10.1 Å². The van der Waals surface area contributed by atoms with Crippen molar-refractivity contribution in [2.45, 2.75) is 23.3 Å². The molecule has 1 aromatic heterocycles. The fraction of sp³-hybridized carbons (Fsp3) is 0.216. The second kappa shape index (κ2) is 14.1. The van der Waals surface area contributed by atoms with Gasteiger partial charge in [0.25, 0.3) is 0 Å². The lowest BCUT2D eigenvalue weighted by atomic mass is 9.91. The van der Waals surface area contributed by atoms with Gasteiger partial charge in [-0.3, -0.25) is 14.6 Å². The SMILES string of the molecule is COc1ccc(CC(=O)N2CCN(S(=O)(=O)c3cccc4cccnc34)C(C(=O)NCC(c3ccccc3)c3ccccc3)C2)cc1.